The van der Waals surface area contributed by atoms with E-state index in [9.17, 15) is 14.9 Å². The van der Waals surface area contributed by atoms with Crippen molar-refractivity contribution in [1.82, 2.24) is 9.38 Å². The van der Waals surface area contributed by atoms with Crippen LogP contribution in [0, 0.1) is 10.1 Å². The molecule has 0 bridgehead atoms. The summed E-state index contributed by atoms with van der Waals surface area (Å²) in [6, 6.07) is 12.9. The minimum absolute atomic E-state index is 0.0157. The molecule has 1 aliphatic rings. The average Bonchev–Trinajstić information content (AvgIpc) is 2.79. The molecule has 4 rings (SSSR count). The molecule has 0 radical (unpaired) electrons. The molecule has 0 spiro atoms. The van der Waals surface area contributed by atoms with E-state index in [1.807, 2.05) is 31.2 Å². The Morgan fingerprint density at radius 2 is 1.97 bits per heavy atom. The molecule has 0 unspecified atom stereocenters. The van der Waals surface area contributed by atoms with Crippen molar-refractivity contribution in [3.05, 3.63) is 74.7 Å². The van der Waals surface area contributed by atoms with Gasteiger partial charge in [0.15, 0.2) is 0 Å². The summed E-state index contributed by atoms with van der Waals surface area (Å²) in [6.45, 7) is 4.09. The van der Waals surface area contributed by atoms with Crippen molar-refractivity contribution in [3.8, 4) is 5.75 Å². The van der Waals surface area contributed by atoms with Crippen molar-refractivity contribution in [1.29, 1.82) is 0 Å². The monoisotopic (exact) mass is 424 g/mol. The van der Waals surface area contributed by atoms with Crippen LogP contribution in [0.3, 0.4) is 0 Å². The third-order valence-corrected chi connectivity index (χ3v) is 5.71. The molecular formula is C22H24N4O5. The molecule has 0 aliphatic carbocycles. The zero-order chi connectivity index (χ0) is 21.8. The summed E-state index contributed by atoms with van der Waals surface area (Å²) in [5.41, 5.74) is -0.132. The summed E-state index contributed by atoms with van der Waals surface area (Å²) >= 11 is 0. The third-order valence-electron chi connectivity index (χ3n) is 5.71. The third kappa shape index (κ3) is 4.09. The molecule has 3 aromatic rings. The predicted octanol–water partition coefficient (Wildman–Crippen LogP) is 3.16. The highest BCUT2D eigenvalue weighted by atomic mass is 16.6. The van der Waals surface area contributed by atoms with Crippen LogP contribution < -0.4 is 15.6 Å². The number of nitro groups is 1. The first kappa shape index (κ1) is 20.8. The van der Waals surface area contributed by atoms with Crippen LogP contribution in [-0.2, 0) is 10.2 Å². The first-order chi connectivity index (χ1) is 15.0. The molecule has 0 atom stereocenters. The number of hydrogen-bond acceptors (Lipinski definition) is 7. The summed E-state index contributed by atoms with van der Waals surface area (Å²) in [4.78, 5) is 28.1. The van der Waals surface area contributed by atoms with Crippen molar-refractivity contribution in [2.75, 3.05) is 31.7 Å². The van der Waals surface area contributed by atoms with E-state index >= 15 is 0 Å². The van der Waals surface area contributed by atoms with E-state index in [1.54, 1.807) is 18.2 Å². The lowest BCUT2D eigenvalue weighted by Crippen LogP contribution is -2.40. The van der Waals surface area contributed by atoms with Crippen LogP contribution in [0.4, 0.5) is 11.5 Å². The number of nitrogens with one attached hydrogen (secondary N) is 1. The lowest BCUT2D eigenvalue weighted by Gasteiger charge is -2.38. The van der Waals surface area contributed by atoms with E-state index in [0.29, 0.717) is 32.0 Å². The summed E-state index contributed by atoms with van der Waals surface area (Å²) in [5, 5.41) is 14.8. The standard InChI is InChI=1S/C22H24N4O5/c1-2-31-17-8-6-16(7-9-17)22(10-13-30-14-11-22)15-23-20-19(26(28)29)21(27)25-12-4-3-5-18(25)24-20/h3-9,12,23H,2,10-11,13-15H2,1H3. The lowest BCUT2D eigenvalue weighted by molar-refractivity contribution is -0.385. The van der Waals surface area contributed by atoms with Gasteiger partial charge >= 0.3 is 11.2 Å². The van der Waals surface area contributed by atoms with Gasteiger partial charge < -0.3 is 14.8 Å². The van der Waals surface area contributed by atoms with E-state index in [-0.39, 0.29) is 11.2 Å². The van der Waals surface area contributed by atoms with Gasteiger partial charge in [-0.25, -0.2) is 4.98 Å². The fourth-order valence-electron chi connectivity index (χ4n) is 4.02. The van der Waals surface area contributed by atoms with Gasteiger partial charge in [0, 0.05) is 31.4 Å². The van der Waals surface area contributed by atoms with Crippen LogP contribution in [0.1, 0.15) is 25.3 Å². The van der Waals surface area contributed by atoms with Crippen molar-refractivity contribution in [2.45, 2.75) is 25.2 Å². The molecule has 31 heavy (non-hydrogen) atoms. The molecule has 9 nitrogen and oxygen atoms in total. The Morgan fingerprint density at radius 1 is 1.23 bits per heavy atom. The number of ether oxygens (including phenoxy) is 2. The highest BCUT2D eigenvalue weighted by Crippen LogP contribution is 2.36. The second-order valence-electron chi connectivity index (χ2n) is 7.50. The van der Waals surface area contributed by atoms with Gasteiger partial charge in [-0.2, -0.15) is 0 Å². The molecule has 1 aliphatic heterocycles. The molecule has 1 N–H and O–H groups in total. The first-order valence-electron chi connectivity index (χ1n) is 10.2. The number of rotatable bonds is 7. The van der Waals surface area contributed by atoms with E-state index in [2.05, 4.69) is 10.3 Å². The number of aromatic nitrogens is 2. The van der Waals surface area contributed by atoms with Gasteiger partial charge in [-0.3, -0.25) is 19.3 Å². The van der Waals surface area contributed by atoms with Crippen LogP contribution in [0.15, 0.2) is 53.5 Å². The van der Waals surface area contributed by atoms with E-state index < -0.39 is 16.2 Å². The number of nitrogens with zero attached hydrogens (tertiary/aromatic N) is 3. The average molecular weight is 424 g/mol. The highest BCUT2D eigenvalue weighted by molar-refractivity contribution is 5.60. The largest absolute Gasteiger partial charge is 0.494 e. The lowest BCUT2D eigenvalue weighted by atomic mass is 9.74. The van der Waals surface area contributed by atoms with Gasteiger partial charge in [-0.05, 0) is 49.6 Å². The smallest absolute Gasteiger partial charge is 0.376 e. The second-order valence-corrected chi connectivity index (χ2v) is 7.50. The molecule has 1 fully saturated rings. The minimum Gasteiger partial charge on any atom is -0.494 e. The van der Waals surface area contributed by atoms with Crippen LogP contribution >= 0.6 is 0 Å². The van der Waals surface area contributed by atoms with Gasteiger partial charge in [0.25, 0.3) is 0 Å². The van der Waals surface area contributed by atoms with E-state index in [0.717, 1.165) is 24.2 Å². The molecule has 1 aromatic carbocycles. The van der Waals surface area contributed by atoms with Crippen molar-refractivity contribution in [2.24, 2.45) is 0 Å². The summed E-state index contributed by atoms with van der Waals surface area (Å²) in [6.07, 6.45) is 2.96. The molecular weight excluding hydrogens is 400 g/mol. The summed E-state index contributed by atoms with van der Waals surface area (Å²) < 4.78 is 12.3. The van der Waals surface area contributed by atoms with Crippen LogP contribution in [0.25, 0.3) is 5.65 Å². The number of hydrogen-bond donors (Lipinski definition) is 1. The Morgan fingerprint density at radius 3 is 2.65 bits per heavy atom. The SMILES string of the molecule is CCOc1ccc(C2(CNc3nc4ccccn4c(=O)c3[N+](=O)[O-])CCOCC2)cc1. The number of anilines is 1. The Kier molecular flexibility index (Phi) is 5.85. The molecule has 0 saturated carbocycles. The van der Waals surface area contributed by atoms with Gasteiger partial charge in [0.2, 0.25) is 5.82 Å². The zero-order valence-electron chi connectivity index (χ0n) is 17.2. The fourth-order valence-corrected chi connectivity index (χ4v) is 4.02. The quantitative estimate of drug-likeness (QED) is 0.458. The molecule has 1 saturated heterocycles. The Bertz CT molecular complexity index is 1140. The first-order valence-corrected chi connectivity index (χ1v) is 10.2. The molecule has 2 aromatic heterocycles. The Labute approximate surface area is 178 Å². The minimum atomic E-state index is -0.708. The van der Waals surface area contributed by atoms with Crippen molar-refractivity contribution >= 4 is 17.2 Å². The van der Waals surface area contributed by atoms with Crippen LogP contribution in [0.5, 0.6) is 5.75 Å². The second kappa shape index (κ2) is 8.73. The van der Waals surface area contributed by atoms with Crippen LogP contribution in [-0.4, -0.2) is 40.7 Å². The molecule has 162 valence electrons. The Balaban J connectivity index is 1.69. The zero-order valence-corrected chi connectivity index (χ0v) is 17.2. The number of benzene rings is 1. The van der Waals surface area contributed by atoms with Gasteiger partial charge in [-0.1, -0.05) is 18.2 Å². The van der Waals surface area contributed by atoms with Crippen LogP contribution in [0.2, 0.25) is 0 Å². The number of pyridine rings is 1. The number of fused-ring (bicyclic) bond motifs is 1. The predicted molar refractivity (Wildman–Crippen MR) is 116 cm³/mol. The maximum atomic E-state index is 12.7. The van der Waals surface area contributed by atoms with Gasteiger partial charge in [0.05, 0.1) is 11.5 Å². The van der Waals surface area contributed by atoms with Crippen molar-refractivity contribution in [3.63, 3.8) is 0 Å². The topological polar surface area (TPSA) is 108 Å². The maximum Gasteiger partial charge on any atom is 0.376 e. The fraction of sp³-hybridized carbons (Fsp3) is 0.364. The normalized spacial score (nSPS) is 15.5. The van der Waals surface area contributed by atoms with E-state index in [1.165, 1.54) is 10.6 Å². The van der Waals surface area contributed by atoms with Crippen molar-refractivity contribution < 1.29 is 14.4 Å². The van der Waals surface area contributed by atoms with Gasteiger partial charge in [0.1, 0.15) is 11.4 Å². The summed E-state index contributed by atoms with van der Waals surface area (Å²) in [5.74, 6) is 0.777. The van der Waals surface area contributed by atoms with E-state index in [4.69, 9.17) is 9.47 Å². The Hall–Kier alpha value is -3.46. The highest BCUT2D eigenvalue weighted by Gasteiger charge is 2.35. The molecule has 9 heteroatoms. The van der Waals surface area contributed by atoms with Gasteiger partial charge in [-0.15, -0.1) is 0 Å². The maximum absolute atomic E-state index is 12.7. The molecule has 3 heterocycles. The summed E-state index contributed by atoms with van der Waals surface area (Å²) in [7, 11) is 0. The molecule has 0 amide bonds.